The van der Waals surface area contributed by atoms with Crippen LogP contribution in [0.4, 0.5) is 16.5 Å². The number of nitrogens with two attached hydrogens (primary N) is 1. The Morgan fingerprint density at radius 3 is 2.45 bits per heavy atom. The summed E-state index contributed by atoms with van der Waals surface area (Å²) in [7, 11) is 0. The van der Waals surface area contributed by atoms with Crippen molar-refractivity contribution in [3.8, 4) is 0 Å². The van der Waals surface area contributed by atoms with Crippen molar-refractivity contribution in [2.75, 3.05) is 5.43 Å². The zero-order valence-electron chi connectivity index (χ0n) is 11.2. The molecule has 110 valence electrons. The van der Waals surface area contributed by atoms with Gasteiger partial charge in [-0.1, -0.05) is 23.5 Å². The second-order valence-electron chi connectivity index (χ2n) is 4.00. The lowest BCUT2D eigenvalue weighted by atomic mass is 10.3. The molecule has 0 fully saturated rings. The number of fused-ring (bicyclic) bond motifs is 1. The number of non-ortho nitro benzene ring substituents is 1. The van der Waals surface area contributed by atoms with Crippen molar-refractivity contribution in [3.05, 3.63) is 63.6 Å². The third-order valence-electron chi connectivity index (χ3n) is 2.59. The summed E-state index contributed by atoms with van der Waals surface area (Å²) in [6.07, 6.45) is 0. The van der Waals surface area contributed by atoms with E-state index in [-0.39, 0.29) is 5.69 Å². The molecule has 3 aromatic rings. The summed E-state index contributed by atoms with van der Waals surface area (Å²) in [6.45, 7) is 0. The molecule has 8 nitrogen and oxygen atoms in total. The zero-order valence-corrected chi connectivity index (χ0v) is 12.0. The largest absolute Gasteiger partial charge is 0.385 e. The number of hydrogen-bond donors (Lipinski definition) is 2. The molecule has 0 aliphatic rings. The van der Waals surface area contributed by atoms with E-state index in [1.54, 1.807) is 11.3 Å². The van der Waals surface area contributed by atoms with E-state index in [9.17, 15) is 10.1 Å². The van der Waals surface area contributed by atoms with Gasteiger partial charge in [0.15, 0.2) is 10.1 Å². The van der Waals surface area contributed by atoms with Gasteiger partial charge in [0.2, 0.25) is 5.39 Å². The number of para-hydroxylation sites is 1. The summed E-state index contributed by atoms with van der Waals surface area (Å²) in [4.78, 5) is 16.7. The lowest BCUT2D eigenvalue weighted by Crippen LogP contribution is -2.05. The minimum absolute atomic E-state index is 0.0163. The van der Waals surface area contributed by atoms with Crippen LogP contribution in [0.1, 0.15) is 0 Å². The number of hydrazine groups is 1. The fourth-order valence-electron chi connectivity index (χ4n) is 1.57. The first-order chi connectivity index (χ1) is 10.6. The van der Waals surface area contributed by atoms with E-state index in [1.165, 1.54) is 24.3 Å². The standard InChI is InChI=1S/C7H7N3S.C6H4N3O2/c8-10-7-9-5-3-1-2-4-6(5)11-7;7-8-5-1-3-6(4-2-5)9(10)11/h1-4H,8H2,(H,9,10);1-4H/q;+1. The molecule has 0 atom stereocenters. The number of nitrogens with zero attached hydrogens (tertiary/aromatic N) is 4. The van der Waals surface area contributed by atoms with Crippen molar-refractivity contribution < 1.29 is 4.92 Å². The number of nitro groups is 1. The SMILES string of the molecule is N#[N+]c1ccc([N+](=O)[O-])cc1.NNc1nc2ccccc2s1. The fraction of sp³-hybridized carbons (Fsp3) is 0. The summed E-state index contributed by atoms with van der Waals surface area (Å²) < 4.78 is 1.15. The molecule has 1 aromatic heterocycles. The first kappa shape index (κ1) is 15.3. The van der Waals surface area contributed by atoms with Gasteiger partial charge in [0, 0.05) is 24.3 Å². The summed E-state index contributed by atoms with van der Waals surface area (Å²) in [5.74, 6) is 5.21. The second-order valence-corrected chi connectivity index (χ2v) is 5.04. The molecule has 0 radical (unpaired) electrons. The number of benzene rings is 2. The van der Waals surface area contributed by atoms with Crippen LogP contribution in [0.3, 0.4) is 0 Å². The Morgan fingerprint density at radius 2 is 1.91 bits per heavy atom. The van der Waals surface area contributed by atoms with Gasteiger partial charge < -0.3 is 0 Å². The van der Waals surface area contributed by atoms with Crippen molar-refractivity contribution in [3.63, 3.8) is 0 Å². The Labute approximate surface area is 129 Å². The Morgan fingerprint density at radius 1 is 1.23 bits per heavy atom. The molecular weight excluding hydrogens is 304 g/mol. The topological polar surface area (TPSA) is 122 Å². The lowest BCUT2D eigenvalue weighted by molar-refractivity contribution is -0.384. The molecule has 3 rings (SSSR count). The van der Waals surface area contributed by atoms with E-state index >= 15 is 0 Å². The van der Waals surface area contributed by atoms with Crippen LogP contribution in [0.2, 0.25) is 0 Å². The molecule has 22 heavy (non-hydrogen) atoms. The number of hydrogen-bond acceptors (Lipinski definition) is 7. The number of nitrogen functional groups attached to an aromatic ring is 1. The van der Waals surface area contributed by atoms with Gasteiger partial charge >= 0.3 is 5.69 Å². The van der Waals surface area contributed by atoms with Crippen LogP contribution in [0.5, 0.6) is 0 Å². The van der Waals surface area contributed by atoms with Gasteiger partial charge in [-0.2, -0.15) is 0 Å². The van der Waals surface area contributed by atoms with E-state index in [0.717, 1.165) is 15.3 Å². The number of rotatable bonds is 2. The smallest absolute Gasteiger partial charge is 0.300 e. The highest BCUT2D eigenvalue weighted by Crippen LogP contribution is 2.24. The minimum Gasteiger partial charge on any atom is -0.300 e. The van der Waals surface area contributed by atoms with Crippen molar-refractivity contribution in [2.45, 2.75) is 0 Å². The summed E-state index contributed by atoms with van der Waals surface area (Å²) in [5.41, 5.74) is 3.80. The Hall–Kier alpha value is -3.09. The lowest BCUT2D eigenvalue weighted by Gasteiger charge is -1.85. The van der Waals surface area contributed by atoms with Crippen LogP contribution < -0.4 is 11.3 Å². The quantitative estimate of drug-likeness (QED) is 0.322. The minimum atomic E-state index is -0.513. The molecule has 0 amide bonds. The van der Waals surface area contributed by atoms with Gasteiger partial charge in [-0.05, 0) is 12.1 Å². The predicted octanol–water partition coefficient (Wildman–Crippen LogP) is 3.66. The van der Waals surface area contributed by atoms with Crippen molar-refractivity contribution in [2.24, 2.45) is 5.84 Å². The molecule has 3 N–H and O–H groups in total. The average Bonchev–Trinajstić information content (AvgIpc) is 2.98. The number of diazo groups is 1. The molecule has 9 heteroatoms. The molecule has 0 bridgehead atoms. The molecule has 0 saturated carbocycles. The van der Waals surface area contributed by atoms with Gasteiger partial charge in [-0.25, -0.2) is 10.8 Å². The van der Waals surface area contributed by atoms with Crippen LogP contribution in [-0.2, 0) is 0 Å². The third-order valence-corrected chi connectivity index (χ3v) is 3.56. The molecular formula is C13H11N6O2S+. The zero-order chi connectivity index (χ0) is 15.9. The van der Waals surface area contributed by atoms with Crippen LogP contribution in [0, 0.1) is 15.5 Å². The van der Waals surface area contributed by atoms with E-state index in [4.69, 9.17) is 11.2 Å². The Bertz CT molecular complexity index is 791. The first-order valence-electron chi connectivity index (χ1n) is 6.06. The molecule has 0 unspecified atom stereocenters. The maximum absolute atomic E-state index is 10.1. The Kier molecular flexibility index (Phi) is 4.92. The number of nitrogens with one attached hydrogen (secondary N) is 1. The van der Waals surface area contributed by atoms with E-state index < -0.39 is 4.92 Å². The molecule has 0 aliphatic heterocycles. The van der Waals surface area contributed by atoms with Crippen molar-refractivity contribution in [1.29, 1.82) is 5.39 Å². The van der Waals surface area contributed by atoms with Crippen LogP contribution in [0.25, 0.3) is 15.2 Å². The number of nitro benzene ring substituents is 1. The van der Waals surface area contributed by atoms with Gasteiger partial charge in [-0.3, -0.25) is 15.5 Å². The molecule has 0 aliphatic carbocycles. The predicted molar refractivity (Wildman–Crippen MR) is 85.3 cm³/mol. The van der Waals surface area contributed by atoms with E-state index in [1.807, 2.05) is 24.3 Å². The summed E-state index contributed by atoms with van der Waals surface area (Å²) >= 11 is 1.55. The summed E-state index contributed by atoms with van der Waals surface area (Å²) in [6, 6.07) is 13.2. The van der Waals surface area contributed by atoms with Gasteiger partial charge in [-0.15, -0.1) is 0 Å². The maximum atomic E-state index is 10.1. The molecule has 0 spiro atoms. The van der Waals surface area contributed by atoms with E-state index in [2.05, 4.69) is 15.4 Å². The van der Waals surface area contributed by atoms with Gasteiger partial charge in [0.05, 0.1) is 15.1 Å². The van der Waals surface area contributed by atoms with Crippen molar-refractivity contribution in [1.82, 2.24) is 4.98 Å². The highest BCUT2D eigenvalue weighted by molar-refractivity contribution is 7.22. The average molecular weight is 315 g/mol. The van der Waals surface area contributed by atoms with E-state index in [0.29, 0.717) is 5.69 Å². The molecule has 2 aromatic carbocycles. The first-order valence-corrected chi connectivity index (χ1v) is 6.87. The maximum Gasteiger partial charge on any atom is 0.385 e. The number of thiazole rings is 1. The van der Waals surface area contributed by atoms with Gasteiger partial charge in [0.1, 0.15) is 0 Å². The van der Waals surface area contributed by atoms with Crippen LogP contribution >= 0.6 is 11.3 Å². The monoisotopic (exact) mass is 315 g/mol. The second kappa shape index (κ2) is 7.07. The van der Waals surface area contributed by atoms with Gasteiger partial charge in [0.25, 0.3) is 5.69 Å². The number of anilines is 1. The highest BCUT2D eigenvalue weighted by atomic mass is 32.1. The highest BCUT2D eigenvalue weighted by Gasteiger charge is 2.08. The molecule has 0 saturated heterocycles. The van der Waals surface area contributed by atoms with Crippen LogP contribution in [-0.4, -0.2) is 9.91 Å². The molecule has 1 heterocycles. The fourth-order valence-corrected chi connectivity index (χ4v) is 2.35. The summed E-state index contributed by atoms with van der Waals surface area (Å²) in [5, 5.41) is 19.1. The normalized spacial score (nSPS) is 9.45. The Balaban J connectivity index is 0.000000160. The third kappa shape index (κ3) is 3.72. The van der Waals surface area contributed by atoms with Crippen LogP contribution in [0.15, 0.2) is 48.5 Å². The van der Waals surface area contributed by atoms with Crippen molar-refractivity contribution >= 4 is 38.1 Å². The number of aromatic nitrogens is 1.